The summed E-state index contributed by atoms with van der Waals surface area (Å²) in [5.74, 6) is 1.94. The second-order valence-electron chi connectivity index (χ2n) is 4.82. The van der Waals surface area contributed by atoms with E-state index in [1.165, 1.54) is 12.2 Å². The molecule has 1 atom stereocenters. The number of carbonyl (C=O) groups excluding carboxylic acids is 1. The number of likely N-dealkylation sites (N-methyl/N-ethyl adjacent to an activating group) is 1. The molecule has 126 valence electrons. The third-order valence-corrected chi connectivity index (χ3v) is 3.56. The van der Waals surface area contributed by atoms with Crippen LogP contribution in [0.5, 0.6) is 17.2 Å². The van der Waals surface area contributed by atoms with Gasteiger partial charge in [0.05, 0.1) is 35.0 Å². The van der Waals surface area contributed by atoms with Crippen LogP contribution in [0.3, 0.4) is 0 Å². The van der Waals surface area contributed by atoms with Crippen molar-refractivity contribution < 1.29 is 23.8 Å². The normalized spacial score (nSPS) is 16.4. The van der Waals surface area contributed by atoms with Gasteiger partial charge in [-0.1, -0.05) is 0 Å². The third-order valence-electron chi connectivity index (χ3n) is 3.56. The van der Waals surface area contributed by atoms with Crippen molar-refractivity contribution in [2.45, 2.75) is 6.04 Å². The van der Waals surface area contributed by atoms with Crippen molar-refractivity contribution in [3.63, 3.8) is 0 Å². The molecule has 1 aromatic rings. The van der Waals surface area contributed by atoms with Crippen LogP contribution in [0.2, 0.25) is 0 Å². The Morgan fingerprint density at radius 3 is 2.26 bits per heavy atom. The van der Waals surface area contributed by atoms with Crippen LogP contribution in [-0.2, 0) is 9.63 Å². The monoisotopic (exact) mass is 323 g/mol. The molecule has 1 N–H and O–H groups in total. The van der Waals surface area contributed by atoms with E-state index >= 15 is 0 Å². The molecule has 0 bridgehead atoms. The lowest BCUT2D eigenvalue weighted by molar-refractivity contribution is -0.170. The highest BCUT2D eigenvalue weighted by atomic mass is 16.7. The fraction of sp³-hybridized carbons (Fsp3) is 0.467. The predicted molar refractivity (Wildman–Crippen MR) is 84.2 cm³/mol. The number of amidine groups is 1. The Hall–Kier alpha value is -2.48. The second kappa shape index (κ2) is 7.19. The first kappa shape index (κ1) is 16.9. The Morgan fingerprint density at radius 2 is 1.78 bits per heavy atom. The number of nitrogens with zero attached hydrogens (tertiary/aromatic N) is 2. The first-order chi connectivity index (χ1) is 11.0. The summed E-state index contributed by atoms with van der Waals surface area (Å²) in [6, 6.07) is 3.09. The number of hydroxylamine groups is 2. The molecule has 0 aliphatic carbocycles. The minimum Gasteiger partial charge on any atom is -0.493 e. The summed E-state index contributed by atoms with van der Waals surface area (Å²) in [5, 5.41) is 4.26. The highest BCUT2D eigenvalue weighted by molar-refractivity contribution is 6.04. The van der Waals surface area contributed by atoms with E-state index in [-0.39, 0.29) is 5.91 Å². The Bertz CT molecular complexity index is 592. The number of carbonyl (C=O) groups is 1. The van der Waals surface area contributed by atoms with Gasteiger partial charge in [-0.15, -0.1) is 0 Å². The summed E-state index contributed by atoms with van der Waals surface area (Å²) in [4.78, 5) is 21.4. The van der Waals surface area contributed by atoms with Crippen LogP contribution >= 0.6 is 0 Å². The maximum Gasteiger partial charge on any atom is 0.270 e. The van der Waals surface area contributed by atoms with Gasteiger partial charge in [0.25, 0.3) is 5.91 Å². The highest BCUT2D eigenvalue weighted by Gasteiger charge is 2.29. The molecule has 8 heteroatoms. The van der Waals surface area contributed by atoms with E-state index in [2.05, 4.69) is 10.3 Å². The second-order valence-corrected chi connectivity index (χ2v) is 4.82. The summed E-state index contributed by atoms with van der Waals surface area (Å²) >= 11 is 0. The van der Waals surface area contributed by atoms with E-state index in [9.17, 15) is 4.79 Å². The van der Waals surface area contributed by atoms with Gasteiger partial charge in [-0.05, 0) is 12.1 Å². The van der Waals surface area contributed by atoms with Crippen LogP contribution in [-0.4, -0.2) is 64.9 Å². The maximum atomic E-state index is 12.1. The molecule has 1 heterocycles. The van der Waals surface area contributed by atoms with Crippen LogP contribution in [0, 0.1) is 0 Å². The molecule has 1 aliphatic rings. The molecule has 0 saturated carbocycles. The SMILES string of the molecule is COc1cc(C2=NC[C@@H](C(=O)N(C)OC)N2)cc(OC)c1OC. The van der Waals surface area contributed by atoms with Crippen molar-refractivity contribution >= 4 is 11.7 Å². The van der Waals surface area contributed by atoms with Crippen LogP contribution < -0.4 is 19.5 Å². The molecule has 1 aliphatic heterocycles. The number of rotatable bonds is 6. The van der Waals surface area contributed by atoms with Gasteiger partial charge in [0.15, 0.2) is 11.5 Å². The van der Waals surface area contributed by atoms with Gasteiger partial charge in [0.1, 0.15) is 11.9 Å². The fourth-order valence-corrected chi connectivity index (χ4v) is 2.28. The smallest absolute Gasteiger partial charge is 0.270 e. The lowest BCUT2D eigenvalue weighted by Gasteiger charge is -2.19. The summed E-state index contributed by atoms with van der Waals surface area (Å²) in [7, 11) is 7.63. The molecule has 0 unspecified atom stereocenters. The predicted octanol–water partition coefficient (Wildman–Crippen LogP) is 0.451. The Morgan fingerprint density at radius 1 is 1.17 bits per heavy atom. The summed E-state index contributed by atoms with van der Waals surface area (Å²) in [6.45, 7) is 0.332. The van der Waals surface area contributed by atoms with E-state index in [4.69, 9.17) is 19.0 Å². The molecule has 0 spiro atoms. The van der Waals surface area contributed by atoms with Crippen LogP contribution in [0.4, 0.5) is 0 Å². The number of ether oxygens (including phenoxy) is 3. The highest BCUT2D eigenvalue weighted by Crippen LogP contribution is 2.38. The minimum atomic E-state index is -0.464. The van der Waals surface area contributed by atoms with E-state index in [1.807, 2.05) is 0 Å². The number of methoxy groups -OCH3 is 3. The van der Waals surface area contributed by atoms with E-state index < -0.39 is 6.04 Å². The van der Waals surface area contributed by atoms with Crippen LogP contribution in [0.1, 0.15) is 5.56 Å². The first-order valence-electron chi connectivity index (χ1n) is 6.98. The van der Waals surface area contributed by atoms with Crippen molar-refractivity contribution in [3.05, 3.63) is 17.7 Å². The Kier molecular flexibility index (Phi) is 5.28. The number of amides is 1. The summed E-state index contributed by atoms with van der Waals surface area (Å²) < 4.78 is 15.9. The fourth-order valence-electron chi connectivity index (χ4n) is 2.28. The van der Waals surface area contributed by atoms with Gasteiger partial charge < -0.3 is 19.5 Å². The quantitative estimate of drug-likeness (QED) is 0.766. The third kappa shape index (κ3) is 3.31. The number of hydrogen-bond donors (Lipinski definition) is 1. The number of benzene rings is 1. The maximum absolute atomic E-state index is 12.1. The van der Waals surface area contributed by atoms with Gasteiger partial charge >= 0.3 is 0 Å². The average molecular weight is 323 g/mol. The van der Waals surface area contributed by atoms with Crippen LogP contribution in [0.15, 0.2) is 17.1 Å². The molecular formula is C15H21N3O5. The topological polar surface area (TPSA) is 81.6 Å². The minimum absolute atomic E-state index is 0.196. The van der Waals surface area contributed by atoms with Crippen molar-refractivity contribution in [1.29, 1.82) is 0 Å². The van der Waals surface area contributed by atoms with Crippen molar-refractivity contribution in [3.8, 4) is 17.2 Å². The average Bonchev–Trinajstić information content (AvgIpc) is 3.08. The Balaban J connectivity index is 2.25. The first-order valence-corrected chi connectivity index (χ1v) is 6.98. The molecule has 23 heavy (non-hydrogen) atoms. The van der Waals surface area contributed by atoms with E-state index in [0.717, 1.165) is 5.56 Å². The van der Waals surface area contributed by atoms with Crippen molar-refractivity contribution in [2.75, 3.05) is 42.0 Å². The molecule has 0 aromatic heterocycles. The standard InChI is InChI=1S/C15H21N3O5/c1-18(23-5)15(19)10-8-16-14(17-10)9-6-11(20-2)13(22-4)12(7-9)21-3/h6-7,10H,8H2,1-5H3,(H,16,17)/t10-/m0/s1. The molecule has 0 radical (unpaired) electrons. The lowest BCUT2D eigenvalue weighted by Crippen LogP contribution is -2.45. The summed E-state index contributed by atoms with van der Waals surface area (Å²) in [6.07, 6.45) is 0. The van der Waals surface area contributed by atoms with Crippen molar-refractivity contribution in [2.24, 2.45) is 4.99 Å². The summed E-state index contributed by atoms with van der Waals surface area (Å²) in [5.41, 5.74) is 0.745. The zero-order chi connectivity index (χ0) is 17.0. The van der Waals surface area contributed by atoms with E-state index in [0.29, 0.717) is 29.6 Å². The molecule has 8 nitrogen and oxygen atoms in total. The van der Waals surface area contributed by atoms with Gasteiger partial charge in [-0.3, -0.25) is 14.6 Å². The zero-order valence-corrected chi connectivity index (χ0v) is 13.9. The molecular weight excluding hydrogens is 302 g/mol. The molecule has 0 saturated heterocycles. The largest absolute Gasteiger partial charge is 0.493 e. The number of aliphatic imine (C=N–C) groups is 1. The molecule has 1 amide bonds. The zero-order valence-electron chi connectivity index (χ0n) is 13.9. The molecule has 2 rings (SSSR count). The lowest BCUT2D eigenvalue weighted by atomic mass is 10.1. The number of hydrogen-bond acceptors (Lipinski definition) is 7. The van der Waals surface area contributed by atoms with Crippen LogP contribution in [0.25, 0.3) is 0 Å². The number of nitrogens with one attached hydrogen (secondary N) is 1. The van der Waals surface area contributed by atoms with Gasteiger partial charge in [0.2, 0.25) is 5.75 Å². The molecule has 0 fully saturated rings. The Labute approximate surface area is 134 Å². The molecule has 1 aromatic carbocycles. The van der Waals surface area contributed by atoms with Gasteiger partial charge in [-0.2, -0.15) is 0 Å². The van der Waals surface area contributed by atoms with Gasteiger partial charge in [0, 0.05) is 12.6 Å². The van der Waals surface area contributed by atoms with E-state index in [1.54, 1.807) is 40.5 Å². The van der Waals surface area contributed by atoms with Crippen molar-refractivity contribution in [1.82, 2.24) is 10.4 Å². The van der Waals surface area contributed by atoms with Gasteiger partial charge in [-0.25, -0.2) is 5.06 Å².